The maximum Gasteiger partial charge on any atom is 0.265 e. The molecular weight excluding hydrogens is 428 g/mol. The minimum Gasteiger partial charge on any atom is -0.480 e. The number of ether oxygens (including phenoxy) is 1. The lowest BCUT2D eigenvalue weighted by atomic mass is 10.1. The summed E-state index contributed by atoms with van der Waals surface area (Å²) in [5, 5.41) is 2.98. The molecule has 1 fully saturated rings. The molecule has 2 aromatic carbocycles. The Morgan fingerprint density at radius 2 is 1.93 bits per heavy atom. The Hall–Kier alpha value is -2.35. The van der Waals surface area contributed by atoms with Crippen molar-refractivity contribution < 1.29 is 14.3 Å². The van der Waals surface area contributed by atoms with Crippen LogP contribution in [-0.4, -0.2) is 22.7 Å². The van der Waals surface area contributed by atoms with E-state index in [1.54, 1.807) is 17.0 Å². The van der Waals surface area contributed by atoms with Gasteiger partial charge in [-0.05, 0) is 43.2 Å². The molecule has 0 spiro atoms. The van der Waals surface area contributed by atoms with Crippen molar-refractivity contribution in [1.82, 2.24) is 5.32 Å². The van der Waals surface area contributed by atoms with Gasteiger partial charge in [0.1, 0.15) is 4.32 Å². The summed E-state index contributed by atoms with van der Waals surface area (Å²) in [5.74, 6) is 0.0804. The van der Waals surface area contributed by atoms with Gasteiger partial charge >= 0.3 is 0 Å². The van der Waals surface area contributed by atoms with Crippen molar-refractivity contribution in [3.05, 3.63) is 62.5 Å². The molecule has 2 aliphatic rings. The third kappa shape index (κ3) is 4.17. The number of fused-ring (bicyclic) bond motifs is 1. The van der Waals surface area contributed by atoms with E-state index >= 15 is 0 Å². The summed E-state index contributed by atoms with van der Waals surface area (Å²) in [6.07, 6.45) is 1.71. The number of nitrogens with one attached hydrogen (secondary N) is 1. The minimum absolute atomic E-state index is 0.0650. The number of hydrogen-bond donors (Lipinski definition) is 1. The molecule has 0 aromatic heterocycles. The van der Waals surface area contributed by atoms with Crippen LogP contribution in [0.15, 0.2) is 35.2 Å². The number of thiocarbonyl (C=S) groups is 1. The molecule has 8 heteroatoms. The second-order valence-corrected chi connectivity index (χ2v) is 9.09. The van der Waals surface area contributed by atoms with Gasteiger partial charge in [-0.1, -0.05) is 64.9 Å². The zero-order valence-corrected chi connectivity index (χ0v) is 18.1. The fraction of sp³-hybridized carbons (Fsp3) is 0.190. The topological polar surface area (TPSA) is 58.6 Å². The van der Waals surface area contributed by atoms with Crippen molar-refractivity contribution in [3.63, 3.8) is 0 Å². The van der Waals surface area contributed by atoms with Crippen LogP contribution in [0.25, 0.3) is 6.08 Å². The summed E-state index contributed by atoms with van der Waals surface area (Å²) < 4.78 is 6.01. The van der Waals surface area contributed by atoms with Crippen LogP contribution in [0, 0.1) is 13.8 Å². The van der Waals surface area contributed by atoms with E-state index in [-0.39, 0.29) is 18.4 Å². The van der Waals surface area contributed by atoms with Gasteiger partial charge in [0, 0.05) is 0 Å². The number of rotatable bonds is 3. The van der Waals surface area contributed by atoms with Crippen molar-refractivity contribution in [3.8, 4) is 5.75 Å². The molecule has 1 saturated heterocycles. The Balaban J connectivity index is 1.74. The summed E-state index contributed by atoms with van der Waals surface area (Å²) in [6, 6.07) is 9.73. The molecule has 0 radical (unpaired) electrons. The van der Waals surface area contributed by atoms with Crippen molar-refractivity contribution >= 4 is 63.5 Å². The molecule has 0 unspecified atom stereocenters. The fourth-order valence-corrected chi connectivity index (χ4v) is 4.78. The van der Waals surface area contributed by atoms with E-state index in [9.17, 15) is 9.59 Å². The summed E-state index contributed by atoms with van der Waals surface area (Å²) in [6.45, 7) is 4.40. The van der Waals surface area contributed by atoms with Crippen molar-refractivity contribution in [2.24, 2.45) is 0 Å². The van der Waals surface area contributed by atoms with Crippen molar-refractivity contribution in [2.45, 2.75) is 20.4 Å². The molecule has 5 nitrogen and oxygen atoms in total. The van der Waals surface area contributed by atoms with Crippen LogP contribution >= 0.6 is 35.6 Å². The molecule has 29 heavy (non-hydrogen) atoms. The number of carbonyl (C=O) groups is 2. The average Bonchev–Trinajstić information content (AvgIpc) is 2.94. The van der Waals surface area contributed by atoms with Crippen LogP contribution in [0.1, 0.15) is 22.3 Å². The van der Waals surface area contributed by atoms with Gasteiger partial charge in [-0.25, -0.2) is 0 Å². The van der Waals surface area contributed by atoms with E-state index in [1.807, 2.05) is 19.9 Å². The Morgan fingerprint density at radius 1 is 1.21 bits per heavy atom. The van der Waals surface area contributed by atoms with Gasteiger partial charge in [0.2, 0.25) is 0 Å². The zero-order chi connectivity index (χ0) is 20.7. The first-order valence-electron chi connectivity index (χ1n) is 8.89. The quantitative estimate of drug-likeness (QED) is 0.562. The number of hydrogen-bond acceptors (Lipinski definition) is 5. The molecule has 4 rings (SSSR count). The number of anilines is 1. The molecule has 0 saturated carbocycles. The first-order chi connectivity index (χ1) is 13.8. The molecule has 0 aliphatic carbocycles. The first kappa shape index (κ1) is 19.9. The lowest BCUT2D eigenvalue weighted by Crippen LogP contribution is -2.38. The summed E-state index contributed by atoms with van der Waals surface area (Å²) in [4.78, 5) is 26.8. The van der Waals surface area contributed by atoms with Crippen LogP contribution in [0.2, 0.25) is 5.02 Å². The van der Waals surface area contributed by atoms with Gasteiger partial charge in [-0.2, -0.15) is 0 Å². The zero-order valence-electron chi connectivity index (χ0n) is 15.7. The smallest absolute Gasteiger partial charge is 0.265 e. The largest absolute Gasteiger partial charge is 0.480 e. The van der Waals surface area contributed by atoms with E-state index in [1.165, 1.54) is 11.8 Å². The van der Waals surface area contributed by atoms with Crippen molar-refractivity contribution in [1.29, 1.82) is 0 Å². The highest BCUT2D eigenvalue weighted by atomic mass is 35.5. The molecular formula is C21H17ClN2O3S2. The van der Waals surface area contributed by atoms with Gasteiger partial charge in [-0.15, -0.1) is 0 Å². The second-order valence-electron chi connectivity index (χ2n) is 6.97. The van der Waals surface area contributed by atoms with E-state index in [2.05, 4.69) is 23.5 Å². The molecule has 2 heterocycles. The first-order valence-corrected chi connectivity index (χ1v) is 10.5. The number of carbonyl (C=O) groups excluding carboxylic acids is 2. The summed E-state index contributed by atoms with van der Waals surface area (Å²) >= 11 is 12.7. The lowest BCUT2D eigenvalue weighted by molar-refractivity contribution is -0.121. The monoisotopic (exact) mass is 444 g/mol. The highest BCUT2D eigenvalue weighted by Crippen LogP contribution is 2.41. The van der Waals surface area contributed by atoms with E-state index in [0.29, 0.717) is 37.8 Å². The Kier molecular flexibility index (Phi) is 5.38. The molecule has 148 valence electrons. The Morgan fingerprint density at radius 3 is 2.59 bits per heavy atom. The van der Waals surface area contributed by atoms with Crippen LogP contribution in [0.5, 0.6) is 5.75 Å². The number of nitrogens with zero attached hydrogens (tertiary/aromatic N) is 1. The number of aryl methyl sites for hydroxylation is 2. The molecule has 0 atom stereocenters. The number of amides is 2. The highest BCUT2D eigenvalue weighted by Gasteiger charge is 2.29. The van der Waals surface area contributed by atoms with Gasteiger partial charge in [0.05, 0.1) is 22.2 Å². The molecule has 1 N–H and O–H groups in total. The van der Waals surface area contributed by atoms with Crippen molar-refractivity contribution in [2.75, 3.05) is 11.5 Å². The predicted molar refractivity (Wildman–Crippen MR) is 120 cm³/mol. The number of halogens is 1. The lowest BCUT2D eigenvalue weighted by Gasteiger charge is -2.30. The van der Waals surface area contributed by atoms with Gasteiger partial charge in [-0.3, -0.25) is 9.59 Å². The Bertz CT molecular complexity index is 1080. The van der Waals surface area contributed by atoms with Crippen LogP contribution in [0.3, 0.4) is 0 Å². The normalized spacial score (nSPS) is 17.4. The van der Waals surface area contributed by atoms with Gasteiger partial charge < -0.3 is 15.0 Å². The van der Waals surface area contributed by atoms with E-state index < -0.39 is 0 Å². The van der Waals surface area contributed by atoms with Gasteiger partial charge in [0.15, 0.2) is 12.4 Å². The molecule has 2 amide bonds. The summed E-state index contributed by atoms with van der Waals surface area (Å²) in [7, 11) is 0. The number of thioether (sulfide) groups is 1. The van der Waals surface area contributed by atoms with Crippen LogP contribution < -0.4 is 15.0 Å². The molecule has 2 aliphatic heterocycles. The third-order valence-electron chi connectivity index (χ3n) is 4.54. The average molecular weight is 445 g/mol. The van der Waals surface area contributed by atoms with E-state index in [4.69, 9.17) is 28.6 Å². The van der Waals surface area contributed by atoms with E-state index in [0.717, 1.165) is 16.7 Å². The van der Waals surface area contributed by atoms with Crippen LogP contribution in [0.4, 0.5) is 5.69 Å². The SMILES string of the molecule is Cc1cc(C)cc(CN2C(=O)COc3c(Cl)cc(C=C4SC(=S)NC4=O)cc32)c1. The summed E-state index contributed by atoms with van der Waals surface area (Å²) in [5.41, 5.74) is 4.58. The highest BCUT2D eigenvalue weighted by molar-refractivity contribution is 8.26. The standard InChI is InChI=1S/C21H17ClN2O3S2/c1-11-3-12(2)5-14(4-11)9-24-16-7-13(8-17-20(26)23-21(28)29-17)6-15(22)19(16)27-10-18(24)25/h3-8H,9-10H2,1-2H3,(H,23,26,28). The van der Waals surface area contributed by atoms with Crippen LogP contribution in [-0.2, 0) is 16.1 Å². The maximum atomic E-state index is 12.7. The second kappa shape index (κ2) is 7.82. The van der Waals surface area contributed by atoms with Gasteiger partial charge in [0.25, 0.3) is 11.8 Å². The number of benzene rings is 2. The predicted octanol–water partition coefficient (Wildman–Crippen LogP) is 4.37. The maximum absolute atomic E-state index is 12.7. The third-order valence-corrected chi connectivity index (χ3v) is 5.98. The Labute approximate surface area is 183 Å². The minimum atomic E-state index is -0.242. The molecule has 0 bridgehead atoms. The fourth-order valence-electron chi connectivity index (χ4n) is 3.46. The molecule has 2 aromatic rings.